The van der Waals surface area contributed by atoms with Crippen LogP contribution in [0.3, 0.4) is 0 Å². The van der Waals surface area contributed by atoms with Crippen LogP contribution in [0.4, 0.5) is 26.5 Å². The summed E-state index contributed by atoms with van der Waals surface area (Å²) in [5.41, 5.74) is 12.2. The van der Waals surface area contributed by atoms with Gasteiger partial charge in [0.2, 0.25) is 5.91 Å². The number of carbonyl (C=O) groups is 3. The molecule has 7 rings (SSSR count). The van der Waals surface area contributed by atoms with Gasteiger partial charge in [-0.25, -0.2) is 42.9 Å². The Morgan fingerprint density at radius 2 is 1.49 bits per heavy atom. The first-order valence-electron chi connectivity index (χ1n) is 23.2. The number of imidazole rings is 1. The van der Waals surface area contributed by atoms with Gasteiger partial charge in [0.05, 0.1) is 26.0 Å². The molecule has 2 aliphatic heterocycles. The summed E-state index contributed by atoms with van der Waals surface area (Å²) >= 11 is 0. The van der Waals surface area contributed by atoms with Gasteiger partial charge in [-0.3, -0.25) is 27.5 Å². The minimum Gasteiger partial charge on any atom is -0.455 e. The second-order valence-corrected chi connectivity index (χ2v) is 20.3. The van der Waals surface area contributed by atoms with Gasteiger partial charge in [-0.1, -0.05) is 38.1 Å². The van der Waals surface area contributed by atoms with Gasteiger partial charge < -0.3 is 70.7 Å². The van der Waals surface area contributed by atoms with Crippen LogP contribution >= 0.6 is 15.6 Å². The van der Waals surface area contributed by atoms with Crippen molar-refractivity contribution in [3.63, 3.8) is 0 Å². The molecule has 0 radical (unpaired) electrons. The van der Waals surface area contributed by atoms with Gasteiger partial charge in [-0.2, -0.15) is 4.98 Å². The lowest BCUT2D eigenvalue weighted by Crippen LogP contribution is -2.47. The summed E-state index contributed by atoms with van der Waals surface area (Å²) in [7, 11) is -10.7. The lowest BCUT2D eigenvalue weighted by molar-refractivity contribution is -0.159. The maximum atomic E-state index is 14.2. The van der Waals surface area contributed by atoms with E-state index < -0.39 is 108 Å². The van der Waals surface area contributed by atoms with Gasteiger partial charge in [0, 0.05) is 31.5 Å². The molecule has 0 bridgehead atoms. The molecule has 0 spiro atoms. The number of aromatic nitrogens is 6. The largest absolute Gasteiger partial charge is 0.472 e. The molecule has 3 aromatic heterocycles. The molecule has 2 saturated heterocycles. The van der Waals surface area contributed by atoms with Crippen molar-refractivity contribution in [1.29, 1.82) is 0 Å². The van der Waals surface area contributed by atoms with E-state index in [9.17, 15) is 57.6 Å². The molecular weight excluding hydrogens is 1050 g/mol. The van der Waals surface area contributed by atoms with Crippen LogP contribution in [0.25, 0.3) is 11.2 Å². The Labute approximate surface area is 430 Å². The van der Waals surface area contributed by atoms with Crippen molar-refractivity contribution in [2.75, 3.05) is 43.2 Å². The number of ether oxygens (including phenoxy) is 5. The minimum absolute atomic E-state index is 0.00367. The summed E-state index contributed by atoms with van der Waals surface area (Å²) in [4.78, 5) is 98.2. The number of fused-ring (bicyclic) bond motifs is 1. The molecule has 29 nitrogen and oxygen atoms in total. The Balaban J connectivity index is 1.06. The van der Waals surface area contributed by atoms with Crippen molar-refractivity contribution >= 4 is 62.1 Å². The fraction of sp³-hybridized carbons (Fsp3) is 0.455. The van der Waals surface area contributed by atoms with E-state index in [0.29, 0.717) is 29.8 Å². The maximum Gasteiger partial charge on any atom is 0.472 e. The number of benzene rings is 2. The quantitative estimate of drug-likeness (QED) is 0.0239. The molecule has 5 heterocycles. The second kappa shape index (κ2) is 25.2. The van der Waals surface area contributed by atoms with Gasteiger partial charge in [0.15, 0.2) is 30.0 Å². The van der Waals surface area contributed by atoms with E-state index in [2.05, 4.69) is 35.1 Å². The van der Waals surface area contributed by atoms with Crippen LogP contribution in [0, 0.1) is 11.7 Å². The average molecular weight is 1110 g/mol. The first kappa shape index (κ1) is 57.3. The third kappa shape index (κ3) is 15.4. The van der Waals surface area contributed by atoms with E-state index in [-0.39, 0.29) is 60.7 Å². The van der Waals surface area contributed by atoms with Crippen LogP contribution in [0.2, 0.25) is 0 Å². The Morgan fingerprint density at radius 3 is 2.17 bits per heavy atom. The first-order chi connectivity index (χ1) is 36.0. The number of nitrogens with one attached hydrogen (secondary N) is 2. The molecule has 10 atom stereocenters. The number of phosphoric acid groups is 2. The number of anilines is 3. The highest BCUT2D eigenvalue weighted by Gasteiger charge is 2.52. The number of carbonyl (C=O) groups excluding carboxylic acids is 3. The van der Waals surface area contributed by atoms with Crippen molar-refractivity contribution in [2.24, 2.45) is 5.92 Å². The van der Waals surface area contributed by atoms with Crippen LogP contribution in [0.5, 0.6) is 0 Å². The highest BCUT2D eigenvalue weighted by Crippen LogP contribution is 2.50. The number of phosphoric ester groups is 2. The van der Waals surface area contributed by atoms with E-state index in [1.807, 2.05) is 13.8 Å². The van der Waals surface area contributed by atoms with Gasteiger partial charge in [0.1, 0.15) is 66.6 Å². The number of halogens is 1. The van der Waals surface area contributed by atoms with Crippen LogP contribution in [-0.4, -0.2) is 141 Å². The Morgan fingerprint density at radius 1 is 0.842 bits per heavy atom. The van der Waals surface area contributed by atoms with Gasteiger partial charge in [-0.05, 0) is 53.8 Å². The van der Waals surface area contributed by atoms with E-state index in [1.54, 1.807) is 24.3 Å². The van der Waals surface area contributed by atoms with E-state index in [0.717, 1.165) is 23.2 Å². The number of nitrogen functional groups attached to an aromatic ring is 2. The maximum absolute atomic E-state index is 14.2. The molecule has 2 aliphatic rings. The molecule has 11 N–H and O–H groups in total. The summed E-state index contributed by atoms with van der Waals surface area (Å²) in [6, 6.07) is 11.4. The van der Waals surface area contributed by atoms with Crippen molar-refractivity contribution in [1.82, 2.24) is 34.4 Å². The molecule has 2 aromatic carbocycles. The zero-order valence-corrected chi connectivity index (χ0v) is 42.2. The van der Waals surface area contributed by atoms with E-state index >= 15 is 0 Å². The Bertz CT molecular complexity index is 2970. The summed E-state index contributed by atoms with van der Waals surface area (Å²) in [5.74, 6) is -1.92. The number of hydrogen-bond donors (Lipinski definition) is 9. The van der Waals surface area contributed by atoms with Crippen LogP contribution in [0.1, 0.15) is 50.3 Å². The first-order valence-corrected chi connectivity index (χ1v) is 26.2. The predicted molar refractivity (Wildman–Crippen MR) is 258 cm³/mol. The monoisotopic (exact) mass is 1110 g/mol. The van der Waals surface area contributed by atoms with Crippen molar-refractivity contribution in [3.8, 4) is 0 Å². The van der Waals surface area contributed by atoms with Crippen molar-refractivity contribution < 1.29 is 90.1 Å². The van der Waals surface area contributed by atoms with Crippen LogP contribution < -0.4 is 27.8 Å². The number of nitrogens with two attached hydrogens (primary N) is 2. The molecule has 2 fully saturated rings. The zero-order valence-electron chi connectivity index (χ0n) is 40.4. The molecule has 1 unspecified atom stereocenters. The SMILES string of the molecule is CC(C)CCOCC[C@H](NC(=O)OCc1ccc(NC(=O)Cc2ccc(F)cc2)cc1)C(=O)O[C@H]1[C@@H](O)[C@H](n2cnc3c(N)ncnc32)O[C@@H]1COP(=O)(O)O[C@H]1[C@@H](O)[C@H](n2ccc(N)nc2=O)O[C@@H]1COP(=O)(O)O. The fourth-order valence-corrected chi connectivity index (χ4v) is 9.04. The second-order valence-electron chi connectivity index (χ2n) is 17.7. The number of aliphatic hydroxyl groups excluding tert-OH is 2. The normalized spacial score (nSPS) is 22.8. The third-order valence-corrected chi connectivity index (χ3v) is 13.0. The minimum atomic E-state index is -5.49. The van der Waals surface area contributed by atoms with E-state index in [4.69, 9.17) is 44.2 Å². The summed E-state index contributed by atoms with van der Waals surface area (Å²) in [6.07, 6.45) is -11.6. The molecule has 2 amide bonds. The molecular formula is C44H55FN10O19P2. The van der Waals surface area contributed by atoms with Gasteiger partial charge in [-0.15, -0.1) is 0 Å². The number of hydrogen-bond acceptors (Lipinski definition) is 22. The molecule has 32 heteroatoms. The van der Waals surface area contributed by atoms with E-state index in [1.165, 1.54) is 35.2 Å². The molecule has 0 aliphatic carbocycles. The number of aliphatic hydroxyl groups is 2. The molecule has 5 aromatic rings. The topological polar surface area (TPSA) is 415 Å². The smallest absolute Gasteiger partial charge is 0.455 e. The Hall–Kier alpha value is -6.37. The summed E-state index contributed by atoms with van der Waals surface area (Å²) in [6.45, 7) is 1.81. The molecule has 0 saturated carbocycles. The number of alkyl carbamates (subject to hydrolysis) is 1. The summed E-state index contributed by atoms with van der Waals surface area (Å²) in [5, 5.41) is 28.2. The Kier molecular flexibility index (Phi) is 19.0. The number of rotatable bonds is 24. The lowest BCUT2D eigenvalue weighted by atomic mass is 10.1. The molecule has 412 valence electrons. The van der Waals surface area contributed by atoms with Crippen LogP contribution in [0.15, 0.2) is 78.2 Å². The number of nitrogens with zero attached hydrogens (tertiary/aromatic N) is 6. The predicted octanol–water partition coefficient (Wildman–Crippen LogP) is 1.36. The lowest BCUT2D eigenvalue weighted by Gasteiger charge is -2.26. The van der Waals surface area contributed by atoms with Crippen LogP contribution in [-0.2, 0) is 69.0 Å². The number of amides is 2. The fourth-order valence-electron chi connectivity index (χ4n) is 7.74. The number of esters is 1. The van der Waals surface area contributed by atoms with Crippen molar-refractivity contribution in [2.45, 2.75) is 94.8 Å². The third-order valence-electron chi connectivity index (χ3n) is 11.6. The van der Waals surface area contributed by atoms with Gasteiger partial charge >= 0.3 is 33.4 Å². The highest BCUT2D eigenvalue weighted by molar-refractivity contribution is 7.47. The van der Waals surface area contributed by atoms with Gasteiger partial charge in [0.25, 0.3) is 0 Å². The molecule has 76 heavy (non-hydrogen) atoms. The highest BCUT2D eigenvalue weighted by atomic mass is 31.2. The standard InChI is InChI=1S/C44H55FN10O19P2/c1-23(2)12-15-67-16-13-28(52-44(61)68-18-25-5-9-27(10-6-25)51-32(56)17-24-3-7-26(45)8-4-24)42(59)73-36-29(71-41(34(36)57)55-22-50-33-38(47)48-21-49-39(33)55)20-70-76(65,66)74-37-30(19-69-75(62,63)64)72-40(35(37)58)54-14-11-31(46)53-43(54)60/h3-11,14,21-23,28-30,34-37,40-41,57-58H,12-13,15-20H2,1-2H3,(H,51,56)(H,52,61)(H,65,66)(H2,46,53,60)(H2,47,48,49)(H2,62,63,64)/t28-,29+,30+,34+,35+,36+,37+,40+,41+/m0/s1. The average Bonchev–Trinajstić information content (AvgIpc) is 4.02. The summed E-state index contributed by atoms with van der Waals surface area (Å²) < 4.78 is 84.3. The van der Waals surface area contributed by atoms with Crippen molar-refractivity contribution in [3.05, 3.63) is 101 Å². The zero-order chi connectivity index (χ0) is 54.9.